The lowest BCUT2D eigenvalue weighted by Crippen LogP contribution is -2.29. The lowest BCUT2D eigenvalue weighted by molar-refractivity contribution is 0.0917. The number of aryl methyl sites for hydroxylation is 2. The van der Waals surface area contributed by atoms with Crippen molar-refractivity contribution in [2.75, 3.05) is 11.3 Å². The number of para-hydroxylation sites is 1. The zero-order chi connectivity index (χ0) is 22.6. The first-order chi connectivity index (χ1) is 14.7. The van der Waals surface area contributed by atoms with Gasteiger partial charge >= 0.3 is 0 Å². The summed E-state index contributed by atoms with van der Waals surface area (Å²) < 4.78 is 41.3. The van der Waals surface area contributed by atoms with Gasteiger partial charge in [-0.05, 0) is 55.3 Å². The molecule has 31 heavy (non-hydrogen) atoms. The molecule has 0 bridgehead atoms. The van der Waals surface area contributed by atoms with E-state index in [0.29, 0.717) is 5.56 Å². The van der Waals surface area contributed by atoms with Crippen LogP contribution in [0, 0.1) is 19.7 Å². The fourth-order valence-electron chi connectivity index (χ4n) is 2.95. The predicted octanol–water partition coefficient (Wildman–Crippen LogP) is 3.71. The molecule has 1 atom stereocenters. The number of amides is 1. The number of sulfonamides is 1. The molecule has 0 saturated carbocycles. The fourth-order valence-corrected chi connectivity index (χ4v) is 4.11. The zero-order valence-corrected chi connectivity index (χ0v) is 17.9. The Morgan fingerprint density at radius 3 is 2.39 bits per heavy atom. The highest BCUT2D eigenvalue weighted by Crippen LogP contribution is 2.22. The van der Waals surface area contributed by atoms with E-state index in [1.807, 2.05) is 19.1 Å². The van der Waals surface area contributed by atoms with Crippen LogP contribution in [0.2, 0.25) is 0 Å². The van der Waals surface area contributed by atoms with Crippen molar-refractivity contribution < 1.29 is 22.7 Å². The summed E-state index contributed by atoms with van der Waals surface area (Å²) in [7, 11) is -4.03. The Morgan fingerprint density at radius 2 is 1.71 bits per heavy atom. The highest BCUT2D eigenvalue weighted by Gasteiger charge is 2.20. The molecule has 0 aliphatic rings. The monoisotopic (exact) mass is 442 g/mol. The SMILES string of the molecule is Cc1ccc(C(O)CNC(=O)c2ccccc2NS(=O)(=O)c2ccc(F)c(C)c2)cc1. The number of nitrogens with one attached hydrogen (secondary N) is 2. The van der Waals surface area contributed by atoms with Crippen molar-refractivity contribution in [3.63, 3.8) is 0 Å². The van der Waals surface area contributed by atoms with Crippen molar-refractivity contribution in [3.8, 4) is 0 Å². The molecule has 1 amide bonds. The molecule has 0 saturated heterocycles. The largest absolute Gasteiger partial charge is 0.387 e. The van der Waals surface area contributed by atoms with Crippen LogP contribution in [0.3, 0.4) is 0 Å². The molecule has 0 heterocycles. The number of halogens is 1. The first kappa shape index (κ1) is 22.5. The van der Waals surface area contributed by atoms with Crippen LogP contribution < -0.4 is 10.0 Å². The number of carbonyl (C=O) groups is 1. The third kappa shape index (κ3) is 5.48. The summed E-state index contributed by atoms with van der Waals surface area (Å²) in [5.41, 5.74) is 2.08. The molecule has 0 radical (unpaired) electrons. The summed E-state index contributed by atoms with van der Waals surface area (Å²) in [5.74, 6) is -1.05. The first-order valence-electron chi connectivity index (χ1n) is 9.58. The second-order valence-electron chi connectivity index (χ2n) is 7.20. The Balaban J connectivity index is 1.75. The van der Waals surface area contributed by atoms with E-state index in [4.69, 9.17) is 0 Å². The number of anilines is 1. The van der Waals surface area contributed by atoms with E-state index < -0.39 is 27.9 Å². The summed E-state index contributed by atoms with van der Waals surface area (Å²) in [6.45, 7) is 3.36. The van der Waals surface area contributed by atoms with Crippen LogP contribution in [0.5, 0.6) is 0 Å². The number of rotatable bonds is 7. The van der Waals surface area contributed by atoms with Crippen LogP contribution in [0.4, 0.5) is 10.1 Å². The predicted molar refractivity (Wildman–Crippen MR) is 117 cm³/mol. The second kappa shape index (κ2) is 9.28. The molecule has 3 aromatic rings. The molecule has 3 N–H and O–H groups in total. The fraction of sp³-hybridized carbons (Fsp3) is 0.174. The summed E-state index contributed by atoms with van der Waals surface area (Å²) in [4.78, 5) is 12.6. The maximum absolute atomic E-state index is 13.5. The molecular weight excluding hydrogens is 419 g/mol. The Labute approximate surface area is 180 Å². The van der Waals surface area contributed by atoms with Gasteiger partial charge in [0.25, 0.3) is 15.9 Å². The van der Waals surface area contributed by atoms with Crippen molar-refractivity contribution in [2.24, 2.45) is 0 Å². The lowest BCUT2D eigenvalue weighted by atomic mass is 10.1. The molecule has 162 valence electrons. The van der Waals surface area contributed by atoms with Gasteiger partial charge in [-0.2, -0.15) is 0 Å². The third-order valence-corrected chi connectivity index (χ3v) is 6.14. The Bertz CT molecular complexity index is 1190. The molecule has 0 fully saturated rings. The number of hydrogen-bond acceptors (Lipinski definition) is 4. The topological polar surface area (TPSA) is 95.5 Å². The number of hydrogen-bond donors (Lipinski definition) is 3. The van der Waals surface area contributed by atoms with Gasteiger partial charge in [0.2, 0.25) is 0 Å². The van der Waals surface area contributed by atoms with E-state index >= 15 is 0 Å². The average Bonchev–Trinajstić information content (AvgIpc) is 2.74. The van der Waals surface area contributed by atoms with Crippen LogP contribution in [-0.4, -0.2) is 26.0 Å². The number of aliphatic hydroxyl groups is 1. The lowest BCUT2D eigenvalue weighted by Gasteiger charge is -2.15. The van der Waals surface area contributed by atoms with Crippen molar-refractivity contribution in [3.05, 3.63) is 94.8 Å². The highest BCUT2D eigenvalue weighted by atomic mass is 32.2. The first-order valence-corrected chi connectivity index (χ1v) is 11.1. The molecule has 0 aromatic heterocycles. The summed E-state index contributed by atoms with van der Waals surface area (Å²) in [5, 5.41) is 12.9. The maximum atomic E-state index is 13.5. The van der Waals surface area contributed by atoms with Gasteiger partial charge in [-0.25, -0.2) is 12.8 Å². The Morgan fingerprint density at radius 1 is 1.03 bits per heavy atom. The third-order valence-electron chi connectivity index (χ3n) is 4.77. The zero-order valence-electron chi connectivity index (χ0n) is 17.1. The molecule has 0 aliphatic carbocycles. The summed E-state index contributed by atoms with van der Waals surface area (Å²) >= 11 is 0. The van der Waals surface area contributed by atoms with Gasteiger partial charge in [-0.15, -0.1) is 0 Å². The minimum atomic E-state index is -4.03. The second-order valence-corrected chi connectivity index (χ2v) is 8.88. The Hall–Kier alpha value is -3.23. The maximum Gasteiger partial charge on any atom is 0.261 e. The van der Waals surface area contributed by atoms with Crippen LogP contribution in [0.25, 0.3) is 0 Å². The van der Waals surface area contributed by atoms with E-state index in [1.54, 1.807) is 24.3 Å². The van der Waals surface area contributed by atoms with Crippen LogP contribution in [0.15, 0.2) is 71.6 Å². The number of benzene rings is 3. The van der Waals surface area contributed by atoms with Crippen molar-refractivity contribution in [2.45, 2.75) is 24.8 Å². The van der Waals surface area contributed by atoms with Crippen LogP contribution in [0.1, 0.15) is 33.2 Å². The number of aliphatic hydroxyl groups excluding tert-OH is 1. The van der Waals surface area contributed by atoms with Crippen molar-refractivity contribution >= 4 is 21.6 Å². The standard InChI is InChI=1S/C23H23FN2O4S/c1-15-7-9-17(10-8-15)22(27)14-25-23(28)19-5-3-4-6-21(19)26-31(29,30)18-11-12-20(24)16(2)13-18/h3-13,22,26-27H,14H2,1-2H3,(H,25,28). The van der Waals surface area contributed by atoms with Gasteiger partial charge in [-0.1, -0.05) is 42.0 Å². The van der Waals surface area contributed by atoms with E-state index in [1.165, 1.54) is 25.1 Å². The highest BCUT2D eigenvalue weighted by molar-refractivity contribution is 7.92. The van der Waals surface area contributed by atoms with E-state index in [9.17, 15) is 22.7 Å². The van der Waals surface area contributed by atoms with Crippen LogP contribution in [-0.2, 0) is 10.0 Å². The normalized spacial score (nSPS) is 12.3. The van der Waals surface area contributed by atoms with Gasteiger partial charge in [0.05, 0.1) is 22.3 Å². The summed E-state index contributed by atoms with van der Waals surface area (Å²) in [6, 6.07) is 16.9. The van der Waals surface area contributed by atoms with E-state index in [-0.39, 0.29) is 28.3 Å². The van der Waals surface area contributed by atoms with Gasteiger partial charge in [0.15, 0.2) is 0 Å². The van der Waals surface area contributed by atoms with Crippen LogP contribution >= 0.6 is 0 Å². The minimum Gasteiger partial charge on any atom is -0.387 e. The average molecular weight is 443 g/mol. The molecule has 3 aromatic carbocycles. The quantitative estimate of drug-likeness (QED) is 0.520. The summed E-state index contributed by atoms with van der Waals surface area (Å²) in [6.07, 6.45) is -0.907. The van der Waals surface area contributed by atoms with E-state index in [0.717, 1.165) is 17.7 Å². The van der Waals surface area contributed by atoms with Crippen molar-refractivity contribution in [1.82, 2.24) is 5.32 Å². The van der Waals surface area contributed by atoms with E-state index in [2.05, 4.69) is 10.0 Å². The molecule has 0 aliphatic heterocycles. The van der Waals surface area contributed by atoms with Gasteiger partial charge in [0, 0.05) is 6.54 Å². The minimum absolute atomic E-state index is 0.0415. The van der Waals surface area contributed by atoms with Gasteiger partial charge in [0.1, 0.15) is 5.82 Å². The molecular formula is C23H23FN2O4S. The molecule has 3 rings (SSSR count). The molecule has 6 nitrogen and oxygen atoms in total. The Kier molecular flexibility index (Phi) is 6.72. The molecule has 1 unspecified atom stereocenters. The molecule has 8 heteroatoms. The van der Waals surface area contributed by atoms with Crippen molar-refractivity contribution in [1.29, 1.82) is 0 Å². The van der Waals surface area contributed by atoms with Gasteiger partial charge < -0.3 is 10.4 Å². The smallest absolute Gasteiger partial charge is 0.261 e. The van der Waals surface area contributed by atoms with Gasteiger partial charge in [-0.3, -0.25) is 9.52 Å². The molecule has 0 spiro atoms. The number of carbonyl (C=O) groups excluding carboxylic acids is 1.